The summed E-state index contributed by atoms with van der Waals surface area (Å²) in [6.45, 7) is -0.0691. The number of carbonyl (C=O) groups excluding carboxylic acids is 1. The van der Waals surface area contributed by atoms with Gasteiger partial charge in [-0.3, -0.25) is 0 Å². The summed E-state index contributed by atoms with van der Waals surface area (Å²) >= 11 is 9.80. The lowest BCUT2D eigenvalue weighted by atomic mass is 10.0. The normalized spacial score (nSPS) is 10.7. The summed E-state index contributed by atoms with van der Waals surface area (Å²) in [6, 6.07) is 0. The van der Waals surface area contributed by atoms with Crippen molar-refractivity contribution in [1.82, 2.24) is 0 Å². The summed E-state index contributed by atoms with van der Waals surface area (Å²) in [5.74, 6) is -0.381. The van der Waals surface area contributed by atoms with E-state index in [1.807, 2.05) is 5.38 Å². The molecule has 0 bridgehead atoms. The predicted octanol–water partition coefficient (Wildman–Crippen LogP) is 4.28. The van der Waals surface area contributed by atoms with Crippen molar-refractivity contribution in [1.29, 1.82) is 0 Å². The van der Waals surface area contributed by atoms with Crippen LogP contribution in [0.15, 0.2) is 18.3 Å². The summed E-state index contributed by atoms with van der Waals surface area (Å²) in [5.41, 5.74) is 2.90. The van der Waals surface area contributed by atoms with Crippen LogP contribution in [0.2, 0.25) is 0 Å². The van der Waals surface area contributed by atoms with E-state index in [9.17, 15) is 9.90 Å². The zero-order chi connectivity index (χ0) is 13.3. The van der Waals surface area contributed by atoms with Crippen molar-refractivity contribution in [3.63, 3.8) is 0 Å². The molecule has 0 spiro atoms. The molecule has 0 saturated heterocycles. The first-order chi connectivity index (χ1) is 8.60. The fourth-order valence-electron chi connectivity index (χ4n) is 1.57. The minimum absolute atomic E-state index is 0.0691. The van der Waals surface area contributed by atoms with E-state index in [2.05, 4.69) is 31.9 Å². The van der Waals surface area contributed by atoms with Crippen molar-refractivity contribution < 1.29 is 14.6 Å². The van der Waals surface area contributed by atoms with Gasteiger partial charge in [0.25, 0.3) is 0 Å². The van der Waals surface area contributed by atoms with Crippen molar-refractivity contribution in [3.05, 3.63) is 29.5 Å². The number of ether oxygens (including phenoxy) is 1. The van der Waals surface area contributed by atoms with E-state index in [4.69, 9.17) is 4.74 Å². The minimum atomic E-state index is -0.381. The molecule has 0 atom stereocenters. The lowest BCUT2D eigenvalue weighted by molar-refractivity contribution is 0.0602. The first kappa shape index (κ1) is 14.2. The Bertz CT molecular complexity index is 589. The molecular weight excluding hydrogens is 404 g/mol. The van der Waals surface area contributed by atoms with Gasteiger partial charge >= 0.3 is 5.97 Å². The molecule has 0 aromatic carbocycles. The van der Waals surface area contributed by atoms with E-state index in [1.165, 1.54) is 29.8 Å². The Morgan fingerprint density at radius 1 is 1.28 bits per heavy atom. The number of hydrogen-bond acceptors (Lipinski definition) is 5. The molecule has 0 saturated carbocycles. The number of halogens is 2. The van der Waals surface area contributed by atoms with Crippen LogP contribution in [0.3, 0.4) is 0 Å². The molecule has 0 amide bonds. The highest BCUT2D eigenvalue weighted by Crippen LogP contribution is 2.45. The van der Waals surface area contributed by atoms with Crippen molar-refractivity contribution in [2.75, 3.05) is 7.11 Å². The van der Waals surface area contributed by atoms with Crippen LogP contribution in [0, 0.1) is 0 Å². The van der Waals surface area contributed by atoms with Crippen molar-refractivity contribution in [2.45, 2.75) is 6.61 Å². The summed E-state index contributed by atoms with van der Waals surface area (Å²) in [6.07, 6.45) is 0. The number of aliphatic hydroxyl groups is 1. The molecule has 0 aliphatic rings. The van der Waals surface area contributed by atoms with E-state index in [0.717, 1.165) is 24.3 Å². The van der Waals surface area contributed by atoms with Crippen LogP contribution in [-0.2, 0) is 11.3 Å². The molecule has 1 N–H and O–H groups in total. The Kier molecular flexibility index (Phi) is 4.60. The quantitative estimate of drug-likeness (QED) is 0.766. The van der Waals surface area contributed by atoms with Gasteiger partial charge in [-0.1, -0.05) is 0 Å². The van der Waals surface area contributed by atoms with Gasteiger partial charge < -0.3 is 9.84 Å². The lowest BCUT2D eigenvalue weighted by Crippen LogP contribution is -2.01. The van der Waals surface area contributed by atoms with Crippen LogP contribution in [0.5, 0.6) is 0 Å². The maximum Gasteiger partial charge on any atom is 0.339 e. The Hall–Kier alpha value is -0.210. The molecule has 3 nitrogen and oxygen atoms in total. The molecule has 0 aliphatic carbocycles. The van der Waals surface area contributed by atoms with Gasteiger partial charge in [0.05, 0.1) is 26.9 Å². The second-order valence-corrected chi connectivity index (χ2v) is 7.75. The smallest absolute Gasteiger partial charge is 0.339 e. The van der Waals surface area contributed by atoms with E-state index < -0.39 is 0 Å². The average molecular weight is 412 g/mol. The minimum Gasteiger partial charge on any atom is -0.465 e. The maximum absolute atomic E-state index is 11.7. The summed E-state index contributed by atoms with van der Waals surface area (Å²) in [5, 5.41) is 13.0. The summed E-state index contributed by atoms with van der Waals surface area (Å²) in [4.78, 5) is 11.7. The average Bonchev–Trinajstić information content (AvgIpc) is 2.91. The SMILES string of the molecule is COC(=O)c1csc(Br)c1-c1c(CO)csc1Br. The maximum atomic E-state index is 11.7. The van der Waals surface area contributed by atoms with Crippen LogP contribution in [0.4, 0.5) is 0 Å². The van der Waals surface area contributed by atoms with Gasteiger partial charge in [-0.2, -0.15) is 0 Å². The van der Waals surface area contributed by atoms with Crippen molar-refractivity contribution in [2.24, 2.45) is 0 Å². The highest BCUT2D eigenvalue weighted by atomic mass is 79.9. The molecular formula is C11H8Br2O3S2. The van der Waals surface area contributed by atoms with E-state index in [1.54, 1.807) is 5.38 Å². The number of esters is 1. The highest BCUT2D eigenvalue weighted by molar-refractivity contribution is 9.11. The predicted molar refractivity (Wildman–Crippen MR) is 80.3 cm³/mol. The zero-order valence-corrected chi connectivity index (χ0v) is 14.0. The van der Waals surface area contributed by atoms with Crippen molar-refractivity contribution in [3.8, 4) is 11.1 Å². The first-order valence-electron chi connectivity index (χ1n) is 4.82. The van der Waals surface area contributed by atoms with Crippen LogP contribution in [0.1, 0.15) is 15.9 Å². The van der Waals surface area contributed by atoms with Crippen LogP contribution in [0.25, 0.3) is 11.1 Å². The van der Waals surface area contributed by atoms with Gasteiger partial charge in [-0.15, -0.1) is 22.7 Å². The second-order valence-electron chi connectivity index (χ2n) is 3.36. The van der Waals surface area contributed by atoms with Gasteiger partial charge in [-0.25, -0.2) is 4.79 Å². The number of carbonyl (C=O) groups is 1. The molecule has 7 heteroatoms. The van der Waals surface area contributed by atoms with Gasteiger partial charge in [-0.05, 0) is 42.8 Å². The third-order valence-electron chi connectivity index (χ3n) is 2.39. The van der Waals surface area contributed by atoms with Crippen LogP contribution >= 0.6 is 54.5 Å². The Morgan fingerprint density at radius 3 is 2.50 bits per heavy atom. The number of aliphatic hydroxyl groups excluding tert-OH is 1. The van der Waals surface area contributed by atoms with E-state index in [-0.39, 0.29) is 12.6 Å². The Morgan fingerprint density at radius 2 is 1.89 bits per heavy atom. The third-order valence-corrected chi connectivity index (χ3v) is 5.89. The molecule has 2 aromatic heterocycles. The number of hydrogen-bond donors (Lipinski definition) is 1. The molecule has 0 aliphatic heterocycles. The highest BCUT2D eigenvalue weighted by Gasteiger charge is 2.23. The molecule has 0 unspecified atom stereocenters. The standard InChI is InChI=1S/C11H8Br2O3S2/c1-16-11(15)6-4-18-10(13)8(6)7-5(2-14)3-17-9(7)12/h3-4,14H,2H2,1H3. The monoisotopic (exact) mass is 410 g/mol. The molecule has 0 fully saturated rings. The zero-order valence-electron chi connectivity index (χ0n) is 9.20. The fraction of sp³-hybridized carbons (Fsp3) is 0.182. The molecule has 2 heterocycles. The van der Waals surface area contributed by atoms with E-state index in [0.29, 0.717) is 5.56 Å². The second kappa shape index (κ2) is 5.83. The topological polar surface area (TPSA) is 46.5 Å². The number of rotatable bonds is 3. The lowest BCUT2D eigenvalue weighted by Gasteiger charge is -2.05. The number of thiophene rings is 2. The van der Waals surface area contributed by atoms with Gasteiger partial charge in [0.15, 0.2) is 0 Å². The fourth-order valence-corrected chi connectivity index (χ4v) is 4.55. The largest absolute Gasteiger partial charge is 0.465 e. The molecule has 2 aromatic rings. The Labute approximate surface area is 129 Å². The molecule has 0 radical (unpaired) electrons. The van der Waals surface area contributed by atoms with Gasteiger partial charge in [0, 0.05) is 16.5 Å². The third kappa shape index (κ3) is 2.42. The van der Waals surface area contributed by atoms with E-state index >= 15 is 0 Å². The number of methoxy groups -OCH3 is 1. The molecule has 2 rings (SSSR count). The van der Waals surface area contributed by atoms with Crippen LogP contribution in [-0.4, -0.2) is 18.2 Å². The van der Waals surface area contributed by atoms with Crippen LogP contribution < -0.4 is 0 Å². The van der Waals surface area contributed by atoms with Crippen molar-refractivity contribution >= 4 is 60.5 Å². The summed E-state index contributed by atoms with van der Waals surface area (Å²) < 4.78 is 6.50. The molecule has 18 heavy (non-hydrogen) atoms. The molecule has 96 valence electrons. The Balaban J connectivity index is 2.66. The summed E-state index contributed by atoms with van der Waals surface area (Å²) in [7, 11) is 1.35. The first-order valence-corrected chi connectivity index (χ1v) is 8.17. The van der Waals surface area contributed by atoms with Gasteiger partial charge in [0.1, 0.15) is 0 Å². The van der Waals surface area contributed by atoms with Gasteiger partial charge in [0.2, 0.25) is 0 Å².